The van der Waals surface area contributed by atoms with E-state index in [1.807, 2.05) is 45.9 Å². The predicted octanol–water partition coefficient (Wildman–Crippen LogP) is 4.82. The minimum Gasteiger partial charge on any atom is -0.465 e. The highest BCUT2D eigenvalue weighted by Gasteiger charge is 2.34. The fourth-order valence-corrected chi connectivity index (χ4v) is 4.52. The van der Waals surface area contributed by atoms with Gasteiger partial charge >= 0.3 is 5.97 Å². The summed E-state index contributed by atoms with van der Waals surface area (Å²) in [6.07, 6.45) is 1.62. The molecule has 0 unspecified atom stereocenters. The molecule has 0 aliphatic rings. The molecular weight excluding hydrogens is 410 g/mol. The summed E-state index contributed by atoms with van der Waals surface area (Å²) in [5.41, 5.74) is 2.71. The Balaban J connectivity index is 3.47. The van der Waals surface area contributed by atoms with Gasteiger partial charge in [-0.05, 0) is 70.2 Å². The summed E-state index contributed by atoms with van der Waals surface area (Å²) in [6.45, 7) is 14.5. The molecule has 1 aromatic rings. The van der Waals surface area contributed by atoms with Gasteiger partial charge in [0.05, 0.1) is 17.4 Å². The molecule has 0 aliphatic carbocycles. The van der Waals surface area contributed by atoms with Crippen molar-refractivity contribution >= 4 is 27.6 Å². The maximum Gasteiger partial charge on any atom is 0.317 e. The highest BCUT2D eigenvalue weighted by Crippen LogP contribution is 2.30. The second kappa shape index (κ2) is 10.1. The van der Waals surface area contributed by atoms with E-state index in [1.165, 1.54) is 0 Å². The average molecular weight is 444 g/mol. The molecular formula is C22H34ClNO4S. The Morgan fingerprint density at radius 1 is 1.21 bits per heavy atom. The van der Waals surface area contributed by atoms with E-state index in [2.05, 4.69) is 4.72 Å². The summed E-state index contributed by atoms with van der Waals surface area (Å²) in [6, 6.07) is 5.13. The number of rotatable bonds is 8. The summed E-state index contributed by atoms with van der Waals surface area (Å²) in [5, 5.41) is 0.272. The van der Waals surface area contributed by atoms with Gasteiger partial charge in [-0.2, -0.15) is 0 Å². The first kappa shape index (κ1) is 25.7. The van der Waals surface area contributed by atoms with Crippen molar-refractivity contribution in [2.24, 2.45) is 5.92 Å². The van der Waals surface area contributed by atoms with Crippen LogP contribution in [0.5, 0.6) is 0 Å². The smallest absolute Gasteiger partial charge is 0.317 e. The van der Waals surface area contributed by atoms with E-state index >= 15 is 0 Å². The van der Waals surface area contributed by atoms with Crippen molar-refractivity contribution in [3.8, 4) is 0 Å². The fraction of sp³-hybridized carbons (Fsp3) is 0.591. The molecule has 7 heteroatoms. The van der Waals surface area contributed by atoms with Crippen molar-refractivity contribution in [1.29, 1.82) is 0 Å². The molecule has 1 aromatic carbocycles. The standard InChI is InChI=1S/C22H34ClNO4S/c1-9-28-21(25)17(19-15(4)11-10-12-16(19)5)13-18(23)20(14(2)3)24-29(26,27)22(6,7)8/h10-14,17,20,24H,9H2,1-8H3/b18-13-/t17-,20-/m0/s1. The van der Waals surface area contributed by atoms with Crippen LogP contribution in [0.1, 0.15) is 64.2 Å². The molecule has 2 atom stereocenters. The van der Waals surface area contributed by atoms with Gasteiger partial charge in [0.2, 0.25) is 10.0 Å². The van der Waals surface area contributed by atoms with Crippen LogP contribution < -0.4 is 4.72 Å². The Labute approximate surface area is 180 Å². The Morgan fingerprint density at radius 2 is 1.72 bits per heavy atom. The highest BCUT2D eigenvalue weighted by molar-refractivity contribution is 7.90. The van der Waals surface area contributed by atoms with Gasteiger partial charge in [0.15, 0.2) is 0 Å². The minimum absolute atomic E-state index is 0.114. The van der Waals surface area contributed by atoms with Gasteiger partial charge in [-0.15, -0.1) is 0 Å². The molecule has 0 fully saturated rings. The largest absolute Gasteiger partial charge is 0.465 e. The van der Waals surface area contributed by atoms with Gasteiger partial charge < -0.3 is 4.74 Å². The van der Waals surface area contributed by atoms with E-state index in [9.17, 15) is 13.2 Å². The van der Waals surface area contributed by atoms with Gasteiger partial charge in [0, 0.05) is 5.03 Å². The van der Waals surface area contributed by atoms with E-state index in [0.29, 0.717) is 0 Å². The number of carbonyl (C=O) groups excluding carboxylic acids is 1. The van der Waals surface area contributed by atoms with Crippen LogP contribution in [0, 0.1) is 19.8 Å². The van der Waals surface area contributed by atoms with E-state index < -0.39 is 32.7 Å². The molecule has 29 heavy (non-hydrogen) atoms. The molecule has 0 amide bonds. The van der Waals surface area contributed by atoms with Gasteiger partial charge in [-0.3, -0.25) is 4.79 Å². The Kier molecular flexibility index (Phi) is 8.93. The summed E-state index contributed by atoms with van der Waals surface area (Å²) in [5.74, 6) is -1.25. The van der Waals surface area contributed by atoms with Crippen LogP contribution in [0.4, 0.5) is 0 Å². The molecule has 0 saturated carbocycles. The third kappa shape index (κ3) is 6.56. The molecule has 0 bridgehead atoms. The lowest BCUT2D eigenvalue weighted by Crippen LogP contribution is -2.47. The lowest BCUT2D eigenvalue weighted by Gasteiger charge is -2.28. The van der Waals surface area contributed by atoms with Gasteiger partial charge in [0.1, 0.15) is 5.92 Å². The van der Waals surface area contributed by atoms with E-state index in [-0.39, 0.29) is 17.6 Å². The molecule has 0 heterocycles. The number of esters is 1. The molecule has 5 nitrogen and oxygen atoms in total. The third-order valence-corrected chi connectivity index (χ3v) is 7.31. The van der Waals surface area contributed by atoms with Crippen molar-refractivity contribution in [2.45, 2.75) is 72.1 Å². The summed E-state index contributed by atoms with van der Waals surface area (Å²) in [7, 11) is -3.63. The van der Waals surface area contributed by atoms with Crippen molar-refractivity contribution in [1.82, 2.24) is 4.72 Å². The van der Waals surface area contributed by atoms with Crippen molar-refractivity contribution in [3.05, 3.63) is 46.0 Å². The number of hydrogen-bond acceptors (Lipinski definition) is 4. The number of ether oxygens (including phenoxy) is 1. The Hall–Kier alpha value is -1.37. The van der Waals surface area contributed by atoms with Crippen LogP contribution in [0.15, 0.2) is 29.3 Å². The first-order valence-electron chi connectivity index (χ1n) is 9.84. The highest BCUT2D eigenvalue weighted by atomic mass is 35.5. The fourth-order valence-electron chi connectivity index (χ4n) is 2.94. The molecule has 0 spiro atoms. The summed E-state index contributed by atoms with van der Waals surface area (Å²) in [4.78, 5) is 12.8. The number of carbonyl (C=O) groups is 1. The molecule has 1 N–H and O–H groups in total. The monoisotopic (exact) mass is 443 g/mol. The van der Waals surface area contributed by atoms with Crippen LogP contribution >= 0.6 is 11.6 Å². The first-order valence-corrected chi connectivity index (χ1v) is 11.7. The zero-order valence-corrected chi connectivity index (χ0v) is 20.2. The maximum absolute atomic E-state index is 12.8. The quantitative estimate of drug-likeness (QED) is 0.585. The van der Waals surface area contributed by atoms with E-state index in [4.69, 9.17) is 16.3 Å². The summed E-state index contributed by atoms with van der Waals surface area (Å²) < 4.78 is 32.4. The van der Waals surface area contributed by atoms with Crippen LogP contribution in [0.2, 0.25) is 0 Å². The number of nitrogens with one attached hydrogen (secondary N) is 1. The van der Waals surface area contributed by atoms with E-state index in [0.717, 1.165) is 16.7 Å². The lowest BCUT2D eigenvalue weighted by atomic mass is 9.89. The minimum atomic E-state index is -3.63. The third-order valence-electron chi connectivity index (χ3n) is 4.77. The van der Waals surface area contributed by atoms with Crippen molar-refractivity contribution in [2.75, 3.05) is 6.61 Å². The Morgan fingerprint density at radius 3 is 2.14 bits per heavy atom. The second-order valence-electron chi connectivity index (χ2n) is 8.54. The maximum atomic E-state index is 12.8. The van der Waals surface area contributed by atoms with E-state index in [1.54, 1.807) is 33.8 Å². The van der Waals surface area contributed by atoms with Gasteiger partial charge in [0.25, 0.3) is 0 Å². The molecule has 0 aliphatic heterocycles. The first-order chi connectivity index (χ1) is 13.2. The zero-order chi connectivity index (χ0) is 22.6. The topological polar surface area (TPSA) is 72.5 Å². The SMILES string of the molecule is CCOC(=O)[C@@H](/C=C(\Cl)[C@@H](NS(=O)(=O)C(C)(C)C)C(C)C)c1c(C)cccc1C. The Bertz CT molecular complexity index is 834. The number of halogens is 1. The normalized spacial score (nSPS) is 15.3. The molecule has 0 radical (unpaired) electrons. The number of aryl methyl sites for hydroxylation is 2. The van der Waals surface area contributed by atoms with Crippen molar-refractivity contribution < 1.29 is 17.9 Å². The van der Waals surface area contributed by atoms with Crippen LogP contribution in [-0.4, -0.2) is 31.8 Å². The number of sulfonamides is 1. The molecule has 0 aromatic heterocycles. The van der Waals surface area contributed by atoms with Crippen LogP contribution in [0.3, 0.4) is 0 Å². The molecule has 164 valence electrons. The second-order valence-corrected chi connectivity index (χ2v) is 11.4. The van der Waals surface area contributed by atoms with Gasteiger partial charge in [-0.1, -0.05) is 43.6 Å². The van der Waals surface area contributed by atoms with Crippen LogP contribution in [-0.2, 0) is 19.6 Å². The van der Waals surface area contributed by atoms with Crippen LogP contribution in [0.25, 0.3) is 0 Å². The lowest BCUT2D eigenvalue weighted by molar-refractivity contribution is -0.143. The molecule has 0 saturated heterocycles. The number of hydrogen-bond donors (Lipinski definition) is 1. The van der Waals surface area contributed by atoms with Gasteiger partial charge in [-0.25, -0.2) is 13.1 Å². The number of benzene rings is 1. The summed E-state index contributed by atoms with van der Waals surface area (Å²) >= 11 is 6.62. The van der Waals surface area contributed by atoms with Crippen molar-refractivity contribution in [3.63, 3.8) is 0 Å². The zero-order valence-electron chi connectivity index (χ0n) is 18.7. The average Bonchev–Trinajstić information content (AvgIpc) is 2.57. The predicted molar refractivity (Wildman–Crippen MR) is 120 cm³/mol. The molecule has 1 rings (SSSR count).